The molecule has 0 spiro atoms. The highest BCUT2D eigenvalue weighted by Gasteiger charge is 2.31. The molecule has 2 heteroatoms. The summed E-state index contributed by atoms with van der Waals surface area (Å²) in [5.74, 6) is 0.950. The molecule has 2 rings (SSSR count). The third kappa shape index (κ3) is 1.64. The molecular weight excluding hydrogens is 150 g/mol. The zero-order valence-electron chi connectivity index (χ0n) is 7.88. The fraction of sp³-hybridized carbons (Fsp3) is 1.00. The van der Waals surface area contributed by atoms with Gasteiger partial charge in [-0.1, -0.05) is 13.3 Å². The summed E-state index contributed by atoms with van der Waals surface area (Å²) in [5.41, 5.74) is 0. The lowest BCUT2D eigenvalue weighted by atomic mass is 9.77. The predicted molar refractivity (Wildman–Crippen MR) is 49.2 cm³/mol. The molecule has 1 saturated carbocycles. The molecule has 12 heavy (non-hydrogen) atoms. The molecule has 2 aliphatic rings. The number of hydrogen-bond acceptors (Lipinski definition) is 2. The van der Waals surface area contributed by atoms with E-state index in [0.717, 1.165) is 25.2 Å². The van der Waals surface area contributed by atoms with Crippen molar-refractivity contribution >= 4 is 0 Å². The lowest BCUT2D eigenvalue weighted by Crippen LogP contribution is -2.48. The van der Waals surface area contributed by atoms with E-state index in [9.17, 15) is 0 Å². The van der Waals surface area contributed by atoms with Crippen molar-refractivity contribution in [2.24, 2.45) is 5.92 Å². The van der Waals surface area contributed by atoms with Gasteiger partial charge in [0.1, 0.15) is 0 Å². The number of ether oxygens (including phenoxy) is 1. The van der Waals surface area contributed by atoms with Gasteiger partial charge >= 0.3 is 0 Å². The predicted octanol–water partition coefficient (Wildman–Crippen LogP) is 1.55. The second-order valence-corrected chi connectivity index (χ2v) is 4.08. The van der Waals surface area contributed by atoms with Crippen LogP contribution in [0.3, 0.4) is 0 Å². The van der Waals surface area contributed by atoms with E-state index in [-0.39, 0.29) is 0 Å². The minimum Gasteiger partial charge on any atom is -0.380 e. The quantitative estimate of drug-likeness (QED) is 0.692. The highest BCUT2D eigenvalue weighted by molar-refractivity contribution is 4.89. The van der Waals surface area contributed by atoms with Crippen LogP contribution in [0.1, 0.15) is 32.6 Å². The minimum atomic E-state index is 0.657. The summed E-state index contributed by atoms with van der Waals surface area (Å²) in [6.45, 7) is 4.19. The van der Waals surface area contributed by atoms with Gasteiger partial charge in [-0.15, -0.1) is 0 Å². The summed E-state index contributed by atoms with van der Waals surface area (Å²) < 4.78 is 5.33. The number of nitrogens with one attached hydrogen (secondary N) is 1. The van der Waals surface area contributed by atoms with Crippen molar-refractivity contribution < 1.29 is 4.74 Å². The summed E-state index contributed by atoms with van der Waals surface area (Å²) in [4.78, 5) is 0. The van der Waals surface area contributed by atoms with Crippen LogP contribution >= 0.6 is 0 Å². The van der Waals surface area contributed by atoms with Gasteiger partial charge in [0, 0.05) is 18.7 Å². The fourth-order valence-electron chi connectivity index (χ4n) is 2.25. The first-order valence-electron chi connectivity index (χ1n) is 5.24. The van der Waals surface area contributed by atoms with Crippen LogP contribution in [-0.4, -0.2) is 25.3 Å². The number of rotatable bonds is 3. The van der Waals surface area contributed by atoms with E-state index in [2.05, 4.69) is 12.2 Å². The maximum Gasteiger partial charge on any atom is 0.0620 e. The normalized spacial score (nSPS) is 41.2. The first-order chi connectivity index (χ1) is 5.90. The molecule has 1 aliphatic carbocycles. The Morgan fingerprint density at radius 3 is 2.75 bits per heavy atom. The second-order valence-electron chi connectivity index (χ2n) is 4.08. The van der Waals surface area contributed by atoms with Gasteiger partial charge in [0.05, 0.1) is 6.61 Å². The van der Waals surface area contributed by atoms with Gasteiger partial charge in [-0.3, -0.25) is 0 Å². The van der Waals surface area contributed by atoms with E-state index in [1.807, 2.05) is 0 Å². The monoisotopic (exact) mass is 169 g/mol. The Balaban J connectivity index is 1.71. The Kier molecular flexibility index (Phi) is 2.66. The molecule has 1 N–H and O–H groups in total. The van der Waals surface area contributed by atoms with E-state index >= 15 is 0 Å². The summed E-state index contributed by atoms with van der Waals surface area (Å²) >= 11 is 0. The van der Waals surface area contributed by atoms with Crippen molar-refractivity contribution in [3.63, 3.8) is 0 Å². The molecule has 2 nitrogen and oxygen atoms in total. The van der Waals surface area contributed by atoms with Crippen LogP contribution in [0.5, 0.6) is 0 Å². The third-order valence-corrected chi connectivity index (χ3v) is 3.32. The molecule has 0 amide bonds. The van der Waals surface area contributed by atoms with Crippen LogP contribution in [0.4, 0.5) is 0 Å². The Morgan fingerprint density at radius 1 is 1.33 bits per heavy atom. The molecule has 0 bridgehead atoms. The lowest BCUT2D eigenvalue weighted by molar-refractivity contribution is 0.160. The van der Waals surface area contributed by atoms with Crippen molar-refractivity contribution in [1.29, 1.82) is 0 Å². The van der Waals surface area contributed by atoms with E-state index in [1.165, 1.54) is 25.7 Å². The van der Waals surface area contributed by atoms with Crippen molar-refractivity contribution in [2.45, 2.75) is 44.7 Å². The second kappa shape index (κ2) is 3.75. The van der Waals surface area contributed by atoms with Crippen molar-refractivity contribution in [3.8, 4) is 0 Å². The first kappa shape index (κ1) is 8.52. The average molecular weight is 169 g/mol. The van der Waals surface area contributed by atoms with E-state index < -0.39 is 0 Å². The topological polar surface area (TPSA) is 21.3 Å². The molecule has 0 radical (unpaired) electrons. The molecule has 2 fully saturated rings. The van der Waals surface area contributed by atoms with Gasteiger partial charge in [-0.05, 0) is 25.2 Å². The van der Waals surface area contributed by atoms with Crippen LogP contribution in [0.2, 0.25) is 0 Å². The Bertz CT molecular complexity index is 141. The maximum atomic E-state index is 5.33. The Hall–Kier alpha value is -0.0800. The van der Waals surface area contributed by atoms with Gasteiger partial charge < -0.3 is 10.1 Å². The van der Waals surface area contributed by atoms with Crippen LogP contribution in [0.25, 0.3) is 0 Å². The van der Waals surface area contributed by atoms with Gasteiger partial charge in [-0.25, -0.2) is 0 Å². The third-order valence-electron chi connectivity index (χ3n) is 3.32. The minimum absolute atomic E-state index is 0.657. The van der Waals surface area contributed by atoms with E-state index in [0.29, 0.717) is 6.04 Å². The van der Waals surface area contributed by atoms with Crippen LogP contribution < -0.4 is 5.32 Å². The standard InChI is InChI=1S/C10H19NO/c1-2-8-3-4-10(8)11-9-5-6-12-7-9/h8-11H,2-7H2,1H3. The van der Waals surface area contributed by atoms with Gasteiger partial charge in [0.15, 0.2) is 0 Å². The molecule has 1 saturated heterocycles. The zero-order chi connectivity index (χ0) is 8.39. The molecule has 1 heterocycles. The van der Waals surface area contributed by atoms with Gasteiger partial charge in [-0.2, -0.15) is 0 Å². The summed E-state index contributed by atoms with van der Waals surface area (Å²) in [6, 6.07) is 1.46. The van der Waals surface area contributed by atoms with E-state index in [1.54, 1.807) is 0 Å². The largest absolute Gasteiger partial charge is 0.380 e. The molecular formula is C10H19NO. The molecule has 3 atom stereocenters. The smallest absolute Gasteiger partial charge is 0.0620 e. The maximum absolute atomic E-state index is 5.33. The van der Waals surface area contributed by atoms with Gasteiger partial charge in [0.25, 0.3) is 0 Å². The first-order valence-corrected chi connectivity index (χ1v) is 5.24. The summed E-state index contributed by atoms with van der Waals surface area (Å²) in [5, 5.41) is 3.69. The molecule has 1 aliphatic heterocycles. The highest BCUT2D eigenvalue weighted by atomic mass is 16.5. The van der Waals surface area contributed by atoms with E-state index in [4.69, 9.17) is 4.74 Å². The molecule has 0 aromatic heterocycles. The SMILES string of the molecule is CCC1CCC1NC1CCOC1. The number of hydrogen-bond donors (Lipinski definition) is 1. The molecule has 70 valence electrons. The highest BCUT2D eigenvalue weighted by Crippen LogP contribution is 2.30. The molecule has 0 aromatic rings. The molecule has 3 unspecified atom stereocenters. The molecule has 0 aromatic carbocycles. The Morgan fingerprint density at radius 2 is 2.25 bits per heavy atom. The van der Waals surface area contributed by atoms with Crippen LogP contribution in [0, 0.1) is 5.92 Å². The van der Waals surface area contributed by atoms with Crippen molar-refractivity contribution in [1.82, 2.24) is 5.32 Å². The fourth-order valence-corrected chi connectivity index (χ4v) is 2.25. The summed E-state index contributed by atoms with van der Waals surface area (Å²) in [6.07, 6.45) is 5.37. The average Bonchev–Trinajstić information content (AvgIpc) is 2.51. The van der Waals surface area contributed by atoms with Crippen LogP contribution in [0.15, 0.2) is 0 Å². The van der Waals surface area contributed by atoms with Crippen molar-refractivity contribution in [3.05, 3.63) is 0 Å². The lowest BCUT2D eigenvalue weighted by Gasteiger charge is -2.38. The van der Waals surface area contributed by atoms with Crippen molar-refractivity contribution in [2.75, 3.05) is 13.2 Å². The zero-order valence-corrected chi connectivity index (χ0v) is 7.88. The van der Waals surface area contributed by atoms with Gasteiger partial charge in [0.2, 0.25) is 0 Å². The van der Waals surface area contributed by atoms with Crippen LogP contribution in [-0.2, 0) is 4.74 Å². The Labute approximate surface area is 74.7 Å². The summed E-state index contributed by atoms with van der Waals surface area (Å²) in [7, 11) is 0.